The van der Waals surface area contributed by atoms with Crippen molar-refractivity contribution < 1.29 is 19.2 Å². The van der Waals surface area contributed by atoms with Gasteiger partial charge in [0.15, 0.2) is 5.75 Å². The predicted octanol–water partition coefficient (Wildman–Crippen LogP) is 2.49. The molecule has 6 nitrogen and oxygen atoms in total. The van der Waals surface area contributed by atoms with Gasteiger partial charge in [0.05, 0.1) is 18.6 Å². The third-order valence-corrected chi connectivity index (χ3v) is 2.61. The number of nitrogens with zero attached hydrogens (tertiary/aromatic N) is 1. The van der Waals surface area contributed by atoms with E-state index < -0.39 is 4.92 Å². The number of carbonyl (C=O) groups is 1. The lowest BCUT2D eigenvalue weighted by atomic mass is 10.1. The molecule has 1 aromatic rings. The standard InChI is InChI=1S/C13H17NO5/c1-3-19-12(15)9-5-7-10-6-4-8-11(14(16)17)13(10)18-2/h4,6,8H,3,5,7,9H2,1-2H3. The molecule has 0 spiro atoms. The highest BCUT2D eigenvalue weighted by Crippen LogP contribution is 2.31. The van der Waals surface area contributed by atoms with Gasteiger partial charge in [-0.1, -0.05) is 12.1 Å². The Kier molecular flexibility index (Phi) is 5.78. The molecule has 1 rings (SSSR count). The summed E-state index contributed by atoms with van der Waals surface area (Å²) in [5.74, 6) is 0.00302. The summed E-state index contributed by atoms with van der Waals surface area (Å²) >= 11 is 0. The third kappa shape index (κ3) is 4.24. The summed E-state index contributed by atoms with van der Waals surface area (Å²) < 4.78 is 9.90. The Balaban J connectivity index is 2.70. The summed E-state index contributed by atoms with van der Waals surface area (Å²) in [4.78, 5) is 21.6. The van der Waals surface area contributed by atoms with Crippen molar-refractivity contribution in [3.8, 4) is 5.75 Å². The minimum atomic E-state index is -0.478. The van der Waals surface area contributed by atoms with Crippen molar-refractivity contribution >= 4 is 11.7 Å². The number of benzene rings is 1. The first kappa shape index (κ1) is 14.9. The van der Waals surface area contributed by atoms with E-state index in [0.29, 0.717) is 25.9 Å². The lowest BCUT2D eigenvalue weighted by Crippen LogP contribution is -2.04. The van der Waals surface area contributed by atoms with Crippen molar-refractivity contribution in [2.45, 2.75) is 26.2 Å². The Morgan fingerprint density at radius 2 is 2.16 bits per heavy atom. The summed E-state index contributed by atoms with van der Waals surface area (Å²) in [6, 6.07) is 4.77. The normalized spacial score (nSPS) is 10.0. The van der Waals surface area contributed by atoms with Crippen LogP contribution in [0, 0.1) is 10.1 Å². The van der Waals surface area contributed by atoms with Gasteiger partial charge in [0.25, 0.3) is 0 Å². The molecule has 6 heteroatoms. The molecular weight excluding hydrogens is 250 g/mol. The molecule has 0 aromatic heterocycles. The Morgan fingerprint density at radius 3 is 2.74 bits per heavy atom. The van der Waals surface area contributed by atoms with Crippen LogP contribution in [0.25, 0.3) is 0 Å². The van der Waals surface area contributed by atoms with Crippen LogP contribution in [-0.4, -0.2) is 24.6 Å². The largest absolute Gasteiger partial charge is 0.490 e. The van der Waals surface area contributed by atoms with Crippen molar-refractivity contribution in [1.82, 2.24) is 0 Å². The Labute approximate surface area is 111 Å². The minimum absolute atomic E-state index is 0.0591. The van der Waals surface area contributed by atoms with E-state index >= 15 is 0 Å². The maximum atomic E-state index is 11.2. The van der Waals surface area contributed by atoms with E-state index in [1.54, 1.807) is 19.1 Å². The van der Waals surface area contributed by atoms with Crippen LogP contribution in [0.3, 0.4) is 0 Å². The second-order valence-corrected chi connectivity index (χ2v) is 3.89. The average molecular weight is 267 g/mol. The molecule has 19 heavy (non-hydrogen) atoms. The van der Waals surface area contributed by atoms with E-state index in [2.05, 4.69) is 0 Å². The SMILES string of the molecule is CCOC(=O)CCCc1cccc([N+](=O)[O-])c1OC. The minimum Gasteiger partial charge on any atom is -0.490 e. The molecule has 1 aromatic carbocycles. The van der Waals surface area contributed by atoms with Crippen LogP contribution in [0.4, 0.5) is 5.69 Å². The number of nitro benzene ring substituents is 1. The first-order valence-electron chi connectivity index (χ1n) is 6.06. The van der Waals surface area contributed by atoms with Crippen molar-refractivity contribution in [1.29, 1.82) is 0 Å². The fourth-order valence-electron chi connectivity index (χ4n) is 1.80. The Morgan fingerprint density at radius 1 is 1.42 bits per heavy atom. The van der Waals surface area contributed by atoms with Crippen LogP contribution >= 0.6 is 0 Å². The number of ether oxygens (including phenoxy) is 2. The van der Waals surface area contributed by atoms with Crippen LogP contribution in [0.1, 0.15) is 25.3 Å². The molecule has 0 aliphatic heterocycles. The first-order valence-corrected chi connectivity index (χ1v) is 6.06. The number of para-hydroxylation sites is 1. The number of carbonyl (C=O) groups excluding carboxylic acids is 1. The summed E-state index contributed by atoms with van der Waals surface area (Å²) in [6.45, 7) is 2.11. The first-order chi connectivity index (χ1) is 9.10. The van der Waals surface area contributed by atoms with Gasteiger partial charge in [-0.15, -0.1) is 0 Å². The highest BCUT2D eigenvalue weighted by atomic mass is 16.6. The molecular formula is C13H17NO5. The van der Waals surface area contributed by atoms with Crippen LogP contribution in [0.5, 0.6) is 5.75 Å². The molecule has 0 fully saturated rings. The fourth-order valence-corrected chi connectivity index (χ4v) is 1.80. The number of methoxy groups -OCH3 is 1. The maximum Gasteiger partial charge on any atom is 0.311 e. The highest BCUT2D eigenvalue weighted by molar-refractivity contribution is 5.69. The number of esters is 1. The van der Waals surface area contributed by atoms with Gasteiger partial charge < -0.3 is 9.47 Å². The van der Waals surface area contributed by atoms with Gasteiger partial charge in [0, 0.05) is 18.1 Å². The predicted molar refractivity (Wildman–Crippen MR) is 69.2 cm³/mol. The van der Waals surface area contributed by atoms with Crippen molar-refractivity contribution in [3.05, 3.63) is 33.9 Å². The van der Waals surface area contributed by atoms with E-state index in [-0.39, 0.29) is 17.4 Å². The summed E-state index contributed by atoms with van der Waals surface area (Å²) in [6.07, 6.45) is 1.39. The quantitative estimate of drug-likeness (QED) is 0.431. The summed E-state index contributed by atoms with van der Waals surface area (Å²) in [5.41, 5.74) is 0.664. The van der Waals surface area contributed by atoms with Crippen LogP contribution in [0.15, 0.2) is 18.2 Å². The molecule has 0 aliphatic rings. The molecule has 0 atom stereocenters. The fraction of sp³-hybridized carbons (Fsp3) is 0.462. The molecule has 0 saturated heterocycles. The van der Waals surface area contributed by atoms with Gasteiger partial charge in [0.2, 0.25) is 0 Å². The van der Waals surface area contributed by atoms with Crippen molar-refractivity contribution in [3.63, 3.8) is 0 Å². The molecule has 104 valence electrons. The zero-order valence-electron chi connectivity index (χ0n) is 11.0. The molecule has 0 unspecified atom stereocenters. The Bertz CT molecular complexity index is 458. The van der Waals surface area contributed by atoms with Gasteiger partial charge in [-0.2, -0.15) is 0 Å². The maximum absolute atomic E-state index is 11.2. The van der Waals surface area contributed by atoms with E-state index in [4.69, 9.17) is 9.47 Å². The van der Waals surface area contributed by atoms with Gasteiger partial charge in [-0.25, -0.2) is 0 Å². The van der Waals surface area contributed by atoms with Gasteiger partial charge >= 0.3 is 11.7 Å². The molecule has 0 radical (unpaired) electrons. The number of aryl methyl sites for hydroxylation is 1. The lowest BCUT2D eigenvalue weighted by Gasteiger charge is -2.08. The van der Waals surface area contributed by atoms with E-state index in [9.17, 15) is 14.9 Å². The van der Waals surface area contributed by atoms with Gasteiger partial charge in [0.1, 0.15) is 0 Å². The number of hydrogen-bond acceptors (Lipinski definition) is 5. The third-order valence-electron chi connectivity index (χ3n) is 2.61. The molecule has 0 amide bonds. The highest BCUT2D eigenvalue weighted by Gasteiger charge is 2.17. The van der Waals surface area contributed by atoms with E-state index in [1.165, 1.54) is 13.2 Å². The van der Waals surface area contributed by atoms with E-state index in [1.807, 2.05) is 0 Å². The number of rotatable bonds is 7. The van der Waals surface area contributed by atoms with Gasteiger partial charge in [-0.05, 0) is 19.8 Å². The zero-order valence-corrected chi connectivity index (χ0v) is 11.0. The molecule has 0 N–H and O–H groups in total. The number of hydrogen-bond donors (Lipinski definition) is 0. The topological polar surface area (TPSA) is 78.7 Å². The molecule has 0 bridgehead atoms. The smallest absolute Gasteiger partial charge is 0.311 e. The van der Waals surface area contributed by atoms with Crippen molar-refractivity contribution in [2.24, 2.45) is 0 Å². The second kappa shape index (κ2) is 7.35. The second-order valence-electron chi connectivity index (χ2n) is 3.89. The summed E-state index contributed by atoms with van der Waals surface area (Å²) in [5, 5.41) is 10.9. The molecule has 0 heterocycles. The average Bonchev–Trinajstić information content (AvgIpc) is 2.38. The van der Waals surface area contributed by atoms with Gasteiger partial charge in [-0.3, -0.25) is 14.9 Å². The van der Waals surface area contributed by atoms with Crippen LogP contribution in [0.2, 0.25) is 0 Å². The van der Waals surface area contributed by atoms with Crippen LogP contribution < -0.4 is 4.74 Å². The molecule has 0 aliphatic carbocycles. The van der Waals surface area contributed by atoms with Crippen molar-refractivity contribution in [2.75, 3.05) is 13.7 Å². The monoisotopic (exact) mass is 267 g/mol. The number of nitro groups is 1. The van der Waals surface area contributed by atoms with E-state index in [0.717, 1.165) is 5.56 Å². The van der Waals surface area contributed by atoms with Crippen LogP contribution in [-0.2, 0) is 16.0 Å². The Hall–Kier alpha value is -2.11. The molecule has 0 saturated carbocycles. The lowest BCUT2D eigenvalue weighted by molar-refractivity contribution is -0.385. The summed E-state index contributed by atoms with van der Waals surface area (Å²) in [7, 11) is 1.40. The zero-order chi connectivity index (χ0) is 14.3.